The Bertz CT molecular complexity index is 624. The normalized spacial score (nSPS) is 21.7. The third kappa shape index (κ3) is 4.64. The van der Waals surface area contributed by atoms with E-state index in [0.717, 1.165) is 4.90 Å². The monoisotopic (exact) mass is 362 g/mol. The number of anilines is 1. The molecule has 2 atom stereocenters. The lowest BCUT2D eigenvalue weighted by molar-refractivity contribution is -0.188. The second-order valence-electron chi connectivity index (χ2n) is 5.57. The van der Waals surface area contributed by atoms with Crippen LogP contribution in [0.15, 0.2) is 29.2 Å². The van der Waals surface area contributed by atoms with Gasteiger partial charge in [0.2, 0.25) is 5.91 Å². The molecular formula is C15H17F3N2O3S. The number of likely N-dealkylation sites (tertiary alicyclic amines) is 1. The number of amides is 1. The molecule has 0 saturated carbocycles. The van der Waals surface area contributed by atoms with Gasteiger partial charge in [-0.1, -0.05) is 6.07 Å². The van der Waals surface area contributed by atoms with Crippen LogP contribution in [0.3, 0.4) is 0 Å². The minimum absolute atomic E-state index is 0.278. The van der Waals surface area contributed by atoms with E-state index in [9.17, 15) is 22.8 Å². The molecule has 0 bridgehead atoms. The molecule has 0 aromatic heterocycles. The van der Waals surface area contributed by atoms with Gasteiger partial charge in [0, 0.05) is 23.7 Å². The number of hydrogen-bond donors (Lipinski definition) is 2. The van der Waals surface area contributed by atoms with Gasteiger partial charge >= 0.3 is 12.1 Å². The van der Waals surface area contributed by atoms with Crippen molar-refractivity contribution in [2.45, 2.75) is 11.1 Å². The van der Waals surface area contributed by atoms with Gasteiger partial charge in [0.1, 0.15) is 0 Å². The third-order valence-electron chi connectivity index (χ3n) is 3.85. The number of alkyl halides is 3. The van der Waals surface area contributed by atoms with Crippen molar-refractivity contribution >= 4 is 29.3 Å². The highest BCUT2D eigenvalue weighted by molar-refractivity contribution is 7.98. The highest BCUT2D eigenvalue weighted by Gasteiger charge is 2.52. The summed E-state index contributed by atoms with van der Waals surface area (Å²) >= 11 is 1.50. The van der Waals surface area contributed by atoms with E-state index in [1.54, 1.807) is 18.2 Å². The van der Waals surface area contributed by atoms with Crippen LogP contribution in [0.4, 0.5) is 18.9 Å². The average Bonchev–Trinajstić information content (AvgIpc) is 2.91. The van der Waals surface area contributed by atoms with Crippen molar-refractivity contribution in [3.63, 3.8) is 0 Å². The minimum atomic E-state index is -4.60. The molecule has 0 radical (unpaired) electrons. The number of carboxylic acid groups (broad SMARTS) is 1. The van der Waals surface area contributed by atoms with Crippen molar-refractivity contribution in [3.05, 3.63) is 24.3 Å². The molecular weight excluding hydrogens is 345 g/mol. The fraction of sp³-hybridized carbons (Fsp3) is 0.467. The van der Waals surface area contributed by atoms with E-state index in [2.05, 4.69) is 5.32 Å². The summed E-state index contributed by atoms with van der Waals surface area (Å²) in [7, 11) is 0. The van der Waals surface area contributed by atoms with E-state index in [-0.39, 0.29) is 13.1 Å². The van der Waals surface area contributed by atoms with Crippen LogP contribution >= 0.6 is 11.8 Å². The maximum atomic E-state index is 12.9. The first-order chi connectivity index (χ1) is 11.2. The summed E-state index contributed by atoms with van der Waals surface area (Å²) in [4.78, 5) is 25.2. The number of carbonyl (C=O) groups is 2. The summed E-state index contributed by atoms with van der Waals surface area (Å²) in [6.07, 6.45) is -2.71. The predicted octanol–water partition coefficient (Wildman–Crippen LogP) is 2.54. The van der Waals surface area contributed by atoms with E-state index in [4.69, 9.17) is 5.11 Å². The molecule has 1 aliphatic rings. The molecule has 1 heterocycles. The van der Waals surface area contributed by atoms with Crippen molar-refractivity contribution in [3.8, 4) is 0 Å². The third-order valence-corrected chi connectivity index (χ3v) is 4.58. The molecule has 1 aromatic rings. The van der Waals surface area contributed by atoms with Gasteiger partial charge in [-0.3, -0.25) is 14.5 Å². The van der Waals surface area contributed by atoms with Gasteiger partial charge in [-0.15, -0.1) is 11.8 Å². The van der Waals surface area contributed by atoms with Gasteiger partial charge in [0.05, 0.1) is 18.4 Å². The molecule has 1 amide bonds. The number of hydrogen-bond acceptors (Lipinski definition) is 4. The highest BCUT2D eigenvalue weighted by Crippen LogP contribution is 2.37. The van der Waals surface area contributed by atoms with Gasteiger partial charge in [-0.2, -0.15) is 13.2 Å². The van der Waals surface area contributed by atoms with Crippen LogP contribution in [0.2, 0.25) is 0 Å². The lowest BCUT2D eigenvalue weighted by Gasteiger charge is -2.18. The van der Waals surface area contributed by atoms with E-state index in [0.29, 0.717) is 5.69 Å². The summed E-state index contributed by atoms with van der Waals surface area (Å²) in [5, 5.41) is 11.6. The summed E-state index contributed by atoms with van der Waals surface area (Å²) in [5.41, 5.74) is 0.549. The van der Waals surface area contributed by atoms with Gasteiger partial charge in [-0.25, -0.2) is 0 Å². The molecule has 132 valence electrons. The van der Waals surface area contributed by atoms with Gasteiger partial charge in [0.25, 0.3) is 0 Å². The zero-order valence-corrected chi connectivity index (χ0v) is 13.7. The first kappa shape index (κ1) is 18.6. The molecule has 0 aliphatic carbocycles. The molecule has 24 heavy (non-hydrogen) atoms. The molecule has 1 aromatic carbocycles. The standard InChI is InChI=1S/C15H17F3N2O3S/c1-24-10-4-2-3-9(5-10)19-13(21)8-20-6-11(14(22)23)12(7-20)15(16,17)18/h2-5,11-12H,6-8H2,1H3,(H,19,21)(H,22,23)/t11-,12-/m1/s1. The molecule has 0 spiro atoms. The van der Waals surface area contributed by atoms with Crippen molar-refractivity contribution in [2.24, 2.45) is 11.8 Å². The Labute approximate surface area is 141 Å². The SMILES string of the molecule is CSc1cccc(NC(=O)CN2C[C@@H](C(F)(F)F)[C@H](C(=O)O)C2)c1. The zero-order valence-electron chi connectivity index (χ0n) is 12.8. The largest absolute Gasteiger partial charge is 0.481 e. The van der Waals surface area contributed by atoms with Crippen LogP contribution in [0, 0.1) is 11.8 Å². The highest BCUT2D eigenvalue weighted by atomic mass is 32.2. The first-order valence-electron chi connectivity index (χ1n) is 7.16. The molecule has 9 heteroatoms. The summed E-state index contributed by atoms with van der Waals surface area (Å²) in [5.74, 6) is -5.46. The second kappa shape index (κ2) is 7.43. The molecule has 1 aliphatic heterocycles. The van der Waals surface area contributed by atoms with Gasteiger partial charge in [0.15, 0.2) is 0 Å². The van der Waals surface area contributed by atoms with Crippen LogP contribution in [-0.4, -0.2) is 53.9 Å². The van der Waals surface area contributed by atoms with Crippen LogP contribution < -0.4 is 5.32 Å². The number of nitrogens with one attached hydrogen (secondary N) is 1. The fourth-order valence-electron chi connectivity index (χ4n) is 2.70. The zero-order chi connectivity index (χ0) is 17.9. The average molecular weight is 362 g/mol. The Balaban J connectivity index is 1.98. The van der Waals surface area contributed by atoms with Crippen molar-refractivity contribution < 1.29 is 27.9 Å². The molecule has 2 N–H and O–H groups in total. The van der Waals surface area contributed by atoms with Crippen LogP contribution in [0.1, 0.15) is 0 Å². The number of nitrogens with zero attached hydrogens (tertiary/aromatic N) is 1. The number of carbonyl (C=O) groups excluding carboxylic acids is 1. The Morgan fingerprint density at radius 1 is 1.38 bits per heavy atom. The van der Waals surface area contributed by atoms with E-state index >= 15 is 0 Å². The number of rotatable bonds is 5. The smallest absolute Gasteiger partial charge is 0.393 e. The number of aliphatic carboxylic acids is 1. The lowest BCUT2D eigenvalue weighted by Crippen LogP contribution is -2.34. The minimum Gasteiger partial charge on any atom is -0.481 e. The number of thioether (sulfide) groups is 1. The Kier molecular flexibility index (Phi) is 5.76. The number of benzene rings is 1. The molecule has 5 nitrogen and oxygen atoms in total. The maximum absolute atomic E-state index is 12.9. The Morgan fingerprint density at radius 2 is 2.08 bits per heavy atom. The number of carboxylic acids is 1. The molecule has 0 unspecified atom stereocenters. The lowest BCUT2D eigenvalue weighted by atomic mass is 9.96. The Morgan fingerprint density at radius 3 is 2.62 bits per heavy atom. The Hall–Kier alpha value is -1.74. The second-order valence-corrected chi connectivity index (χ2v) is 6.45. The summed E-state index contributed by atoms with van der Waals surface area (Å²) in [6, 6.07) is 7.06. The first-order valence-corrected chi connectivity index (χ1v) is 8.39. The molecule has 2 rings (SSSR count). The van der Waals surface area contributed by atoms with Gasteiger partial charge < -0.3 is 10.4 Å². The van der Waals surface area contributed by atoms with Crippen LogP contribution in [-0.2, 0) is 9.59 Å². The van der Waals surface area contributed by atoms with Crippen molar-refractivity contribution in [2.75, 3.05) is 31.2 Å². The van der Waals surface area contributed by atoms with E-state index in [1.807, 2.05) is 12.3 Å². The van der Waals surface area contributed by atoms with Crippen LogP contribution in [0.25, 0.3) is 0 Å². The topological polar surface area (TPSA) is 69.6 Å². The van der Waals surface area contributed by atoms with E-state index < -0.39 is 36.4 Å². The fourth-order valence-corrected chi connectivity index (χ4v) is 3.16. The summed E-state index contributed by atoms with van der Waals surface area (Å²) < 4.78 is 38.8. The number of halogens is 3. The van der Waals surface area contributed by atoms with Crippen LogP contribution in [0.5, 0.6) is 0 Å². The van der Waals surface area contributed by atoms with Crippen molar-refractivity contribution in [1.29, 1.82) is 0 Å². The predicted molar refractivity (Wildman–Crippen MR) is 84.0 cm³/mol. The molecule has 1 saturated heterocycles. The quantitative estimate of drug-likeness (QED) is 0.788. The summed E-state index contributed by atoms with van der Waals surface area (Å²) in [6.45, 7) is -1.06. The molecule has 1 fully saturated rings. The van der Waals surface area contributed by atoms with Gasteiger partial charge in [-0.05, 0) is 24.5 Å². The van der Waals surface area contributed by atoms with E-state index in [1.165, 1.54) is 16.7 Å². The van der Waals surface area contributed by atoms with Crippen molar-refractivity contribution in [1.82, 2.24) is 4.90 Å². The maximum Gasteiger partial charge on any atom is 0.393 e.